The summed E-state index contributed by atoms with van der Waals surface area (Å²) < 4.78 is 10.5. The van der Waals surface area contributed by atoms with Gasteiger partial charge in [-0.15, -0.1) is 0 Å². The van der Waals surface area contributed by atoms with Crippen molar-refractivity contribution >= 4 is 23.4 Å². The molecule has 0 bridgehead atoms. The van der Waals surface area contributed by atoms with Gasteiger partial charge in [-0.3, -0.25) is 5.10 Å². The van der Waals surface area contributed by atoms with Crippen LogP contribution < -0.4 is 5.73 Å². The van der Waals surface area contributed by atoms with E-state index in [1.54, 1.807) is 36.4 Å². The van der Waals surface area contributed by atoms with Crippen molar-refractivity contribution < 1.29 is 13.9 Å². The number of aromatic nitrogens is 2. The Kier molecular flexibility index (Phi) is 4.73. The number of allylic oxidation sites excluding steroid dienone is 1. The van der Waals surface area contributed by atoms with Crippen LogP contribution in [0, 0.1) is 22.7 Å². The topological polar surface area (TPSA) is 142 Å². The second kappa shape index (κ2) is 7.30. The van der Waals surface area contributed by atoms with Gasteiger partial charge in [-0.25, -0.2) is 4.79 Å². The van der Waals surface area contributed by atoms with Crippen molar-refractivity contribution in [1.82, 2.24) is 10.2 Å². The molecular weight excluding hydrogens is 346 g/mol. The SMILES string of the molecule is COC(=O)c1cccc(-c2ccc(/C=C(\C#N)c3[nH]nc(N)c3C#N)o2)c1. The molecule has 0 radical (unpaired) electrons. The minimum atomic E-state index is -0.448. The molecule has 1 aromatic carbocycles. The third-order valence-electron chi connectivity index (χ3n) is 3.78. The number of rotatable bonds is 4. The van der Waals surface area contributed by atoms with Gasteiger partial charge in [-0.1, -0.05) is 12.1 Å². The smallest absolute Gasteiger partial charge is 0.337 e. The molecule has 0 spiro atoms. The Hall–Kier alpha value is -4.30. The fraction of sp³-hybridized carbons (Fsp3) is 0.0526. The highest BCUT2D eigenvalue weighted by Crippen LogP contribution is 2.27. The Morgan fingerprint density at radius 2 is 2.15 bits per heavy atom. The highest BCUT2D eigenvalue weighted by atomic mass is 16.5. The summed E-state index contributed by atoms with van der Waals surface area (Å²) in [4.78, 5) is 11.7. The molecule has 2 aromatic heterocycles. The van der Waals surface area contributed by atoms with Gasteiger partial charge in [0.25, 0.3) is 0 Å². The number of nitriles is 2. The van der Waals surface area contributed by atoms with Crippen LogP contribution in [0.2, 0.25) is 0 Å². The molecule has 8 nitrogen and oxygen atoms in total. The maximum Gasteiger partial charge on any atom is 0.337 e. The minimum absolute atomic E-state index is 0.0217. The fourth-order valence-electron chi connectivity index (χ4n) is 2.47. The van der Waals surface area contributed by atoms with Gasteiger partial charge in [-0.05, 0) is 24.3 Å². The number of nitrogen functional groups attached to an aromatic ring is 1. The second-order valence-corrected chi connectivity index (χ2v) is 5.41. The average molecular weight is 359 g/mol. The lowest BCUT2D eigenvalue weighted by atomic mass is 10.1. The first-order chi connectivity index (χ1) is 13.1. The van der Waals surface area contributed by atoms with Crippen LogP contribution in [0.4, 0.5) is 5.82 Å². The summed E-state index contributed by atoms with van der Waals surface area (Å²) in [6.45, 7) is 0. The lowest BCUT2D eigenvalue weighted by Gasteiger charge is -2.01. The molecule has 0 atom stereocenters. The molecule has 0 fully saturated rings. The number of methoxy groups -OCH3 is 1. The lowest BCUT2D eigenvalue weighted by molar-refractivity contribution is 0.0601. The minimum Gasteiger partial charge on any atom is -0.465 e. The summed E-state index contributed by atoms with van der Waals surface area (Å²) in [5.41, 5.74) is 7.16. The van der Waals surface area contributed by atoms with Crippen LogP contribution in [0.5, 0.6) is 0 Å². The zero-order valence-corrected chi connectivity index (χ0v) is 14.2. The summed E-state index contributed by atoms with van der Waals surface area (Å²) in [6.07, 6.45) is 1.47. The van der Waals surface area contributed by atoms with E-state index in [9.17, 15) is 10.1 Å². The molecule has 3 aromatic rings. The number of nitrogens with two attached hydrogens (primary N) is 1. The van der Waals surface area contributed by atoms with Gasteiger partial charge in [0.05, 0.1) is 23.9 Å². The fourth-order valence-corrected chi connectivity index (χ4v) is 2.47. The standard InChI is InChI=1S/C19H13N5O3/c1-26-19(25)12-4-2-3-11(7-12)16-6-5-14(27-16)8-13(9-20)17-15(10-21)18(22)24-23-17/h2-8H,1H3,(H3,22,23,24)/b13-8+. The van der Waals surface area contributed by atoms with Crippen LogP contribution in [0.25, 0.3) is 23.0 Å². The van der Waals surface area contributed by atoms with Gasteiger partial charge in [0, 0.05) is 11.6 Å². The third kappa shape index (κ3) is 3.41. The molecule has 0 aliphatic heterocycles. The molecule has 0 aliphatic rings. The maximum absolute atomic E-state index is 11.7. The number of hydrogen-bond donors (Lipinski definition) is 2. The van der Waals surface area contributed by atoms with E-state index >= 15 is 0 Å². The average Bonchev–Trinajstić information content (AvgIpc) is 3.31. The first kappa shape index (κ1) is 17.5. The van der Waals surface area contributed by atoms with Gasteiger partial charge in [-0.2, -0.15) is 15.6 Å². The Labute approximate surface area is 154 Å². The molecule has 8 heteroatoms. The van der Waals surface area contributed by atoms with Gasteiger partial charge in [0.1, 0.15) is 29.2 Å². The molecule has 3 N–H and O–H groups in total. The zero-order valence-electron chi connectivity index (χ0n) is 14.2. The number of ether oxygens (including phenoxy) is 1. The number of furan rings is 1. The van der Waals surface area contributed by atoms with Crippen molar-refractivity contribution in [2.75, 3.05) is 12.8 Å². The Morgan fingerprint density at radius 1 is 1.33 bits per heavy atom. The second-order valence-electron chi connectivity index (χ2n) is 5.41. The van der Waals surface area contributed by atoms with Crippen molar-refractivity contribution in [2.24, 2.45) is 0 Å². The number of anilines is 1. The van der Waals surface area contributed by atoms with Crippen molar-refractivity contribution in [1.29, 1.82) is 10.5 Å². The van der Waals surface area contributed by atoms with Gasteiger partial charge in [0.15, 0.2) is 5.82 Å². The lowest BCUT2D eigenvalue weighted by Crippen LogP contribution is -2.00. The molecule has 0 amide bonds. The van der Waals surface area contributed by atoms with E-state index < -0.39 is 5.97 Å². The normalized spacial score (nSPS) is 10.9. The summed E-state index contributed by atoms with van der Waals surface area (Å²) >= 11 is 0. The summed E-state index contributed by atoms with van der Waals surface area (Å²) in [7, 11) is 1.31. The maximum atomic E-state index is 11.7. The molecule has 3 rings (SSSR count). The van der Waals surface area contributed by atoms with Gasteiger partial charge in [0.2, 0.25) is 0 Å². The Bertz CT molecular complexity index is 1120. The van der Waals surface area contributed by atoms with E-state index in [0.29, 0.717) is 22.6 Å². The molecule has 0 saturated carbocycles. The highest BCUT2D eigenvalue weighted by Gasteiger charge is 2.15. The summed E-state index contributed by atoms with van der Waals surface area (Å²) in [6, 6.07) is 14.1. The first-order valence-corrected chi connectivity index (χ1v) is 7.72. The largest absolute Gasteiger partial charge is 0.465 e. The van der Waals surface area contributed by atoms with Crippen LogP contribution >= 0.6 is 0 Å². The van der Waals surface area contributed by atoms with Crippen molar-refractivity contribution in [3.63, 3.8) is 0 Å². The van der Waals surface area contributed by atoms with Gasteiger partial charge >= 0.3 is 5.97 Å². The predicted octanol–water partition coefficient (Wildman–Crippen LogP) is 2.97. The van der Waals surface area contributed by atoms with Crippen LogP contribution in [-0.2, 0) is 4.74 Å². The number of carbonyl (C=O) groups excluding carboxylic acids is 1. The number of esters is 1. The van der Waals surface area contributed by atoms with Gasteiger partial charge < -0.3 is 14.9 Å². The molecule has 0 unspecified atom stereocenters. The van der Waals surface area contributed by atoms with E-state index in [0.717, 1.165) is 0 Å². The molecular formula is C19H13N5O3. The summed E-state index contributed by atoms with van der Waals surface area (Å²) in [5.74, 6) is 0.473. The van der Waals surface area contributed by atoms with E-state index in [-0.39, 0.29) is 22.6 Å². The number of nitrogens with one attached hydrogen (secondary N) is 1. The number of benzene rings is 1. The van der Waals surface area contributed by atoms with E-state index in [2.05, 4.69) is 10.2 Å². The number of carbonyl (C=O) groups is 1. The van der Waals surface area contributed by atoms with Crippen molar-refractivity contribution in [2.45, 2.75) is 0 Å². The van der Waals surface area contributed by atoms with E-state index in [1.165, 1.54) is 13.2 Å². The first-order valence-electron chi connectivity index (χ1n) is 7.72. The molecule has 132 valence electrons. The number of nitrogens with zero attached hydrogens (tertiary/aromatic N) is 3. The third-order valence-corrected chi connectivity index (χ3v) is 3.78. The number of H-pyrrole nitrogens is 1. The number of hydrogen-bond acceptors (Lipinski definition) is 7. The van der Waals surface area contributed by atoms with Crippen LogP contribution in [0.15, 0.2) is 40.8 Å². The van der Waals surface area contributed by atoms with Crippen LogP contribution in [0.1, 0.15) is 27.4 Å². The monoisotopic (exact) mass is 359 g/mol. The Balaban J connectivity index is 1.96. The number of aromatic amines is 1. The quantitative estimate of drug-likeness (QED) is 0.538. The molecule has 2 heterocycles. The summed E-state index contributed by atoms with van der Waals surface area (Å²) in [5, 5.41) is 24.9. The zero-order chi connectivity index (χ0) is 19.4. The van der Waals surface area contributed by atoms with Crippen LogP contribution in [0.3, 0.4) is 0 Å². The molecule has 27 heavy (non-hydrogen) atoms. The van der Waals surface area contributed by atoms with E-state index in [4.69, 9.17) is 20.1 Å². The molecule has 0 saturated heterocycles. The molecule has 0 aliphatic carbocycles. The van der Waals surface area contributed by atoms with Crippen LogP contribution in [-0.4, -0.2) is 23.3 Å². The predicted molar refractivity (Wildman–Crippen MR) is 96.7 cm³/mol. The van der Waals surface area contributed by atoms with Crippen molar-refractivity contribution in [3.8, 4) is 23.5 Å². The Morgan fingerprint density at radius 3 is 2.85 bits per heavy atom. The highest BCUT2D eigenvalue weighted by molar-refractivity contribution is 5.91. The van der Waals surface area contributed by atoms with Crippen molar-refractivity contribution in [3.05, 3.63) is 59.0 Å². The van der Waals surface area contributed by atoms with E-state index in [1.807, 2.05) is 12.1 Å².